The Morgan fingerprint density at radius 3 is 2.70 bits per heavy atom. The maximum atomic E-state index is 12.8. The molecule has 1 aromatic rings. The van der Waals surface area contributed by atoms with Crippen molar-refractivity contribution in [1.29, 1.82) is 0 Å². The van der Waals surface area contributed by atoms with E-state index in [1.54, 1.807) is 0 Å². The first-order valence-corrected chi connectivity index (χ1v) is 6.38. The van der Waals surface area contributed by atoms with Crippen LogP contribution in [-0.2, 0) is 9.53 Å². The normalized spacial score (nSPS) is 10.1. The third-order valence-corrected chi connectivity index (χ3v) is 2.78. The third kappa shape index (κ3) is 5.26. The third-order valence-electron chi connectivity index (χ3n) is 2.78. The highest BCUT2D eigenvalue weighted by Crippen LogP contribution is 2.17. The number of phenolic OH excluding ortho intramolecular Hbond substituents is 1. The lowest BCUT2D eigenvalue weighted by atomic mass is 10.1. The predicted octanol–water partition coefficient (Wildman–Crippen LogP) is 1.99. The molecule has 110 valence electrons. The summed E-state index contributed by atoms with van der Waals surface area (Å²) in [6.07, 6.45) is 2.56. The molecule has 0 aromatic heterocycles. The van der Waals surface area contributed by atoms with E-state index >= 15 is 0 Å². The minimum atomic E-state index is -0.595. The zero-order chi connectivity index (χ0) is 15.0. The van der Waals surface area contributed by atoms with Gasteiger partial charge in [-0.25, -0.2) is 4.39 Å². The molecule has 20 heavy (non-hydrogen) atoms. The number of carbonyl (C=O) groups excluding carboxylic acids is 2. The van der Waals surface area contributed by atoms with Gasteiger partial charge in [0.25, 0.3) is 5.91 Å². The number of hydrogen-bond acceptors (Lipinski definition) is 4. The van der Waals surface area contributed by atoms with Crippen molar-refractivity contribution in [3.05, 3.63) is 29.6 Å². The Morgan fingerprint density at radius 2 is 2.05 bits per heavy atom. The van der Waals surface area contributed by atoms with Gasteiger partial charge in [0.2, 0.25) is 0 Å². The molecule has 0 unspecified atom stereocenters. The van der Waals surface area contributed by atoms with E-state index in [9.17, 15) is 19.1 Å². The molecule has 6 heteroatoms. The first-order chi connectivity index (χ1) is 9.54. The number of halogens is 1. The van der Waals surface area contributed by atoms with Crippen LogP contribution in [0.2, 0.25) is 0 Å². The van der Waals surface area contributed by atoms with Crippen LogP contribution in [0.5, 0.6) is 5.75 Å². The van der Waals surface area contributed by atoms with Gasteiger partial charge in [-0.1, -0.05) is 6.42 Å². The molecule has 0 atom stereocenters. The fraction of sp³-hybridized carbons (Fsp3) is 0.429. The summed E-state index contributed by atoms with van der Waals surface area (Å²) in [6.45, 7) is 0.427. The molecule has 1 rings (SSSR count). The first kappa shape index (κ1) is 15.9. The maximum absolute atomic E-state index is 12.8. The summed E-state index contributed by atoms with van der Waals surface area (Å²) < 4.78 is 17.3. The smallest absolute Gasteiger partial charge is 0.305 e. The average molecular weight is 283 g/mol. The lowest BCUT2D eigenvalue weighted by molar-refractivity contribution is -0.140. The van der Waals surface area contributed by atoms with Gasteiger partial charge in [-0.2, -0.15) is 0 Å². The SMILES string of the molecule is COC(=O)CCCCCNC(=O)c1ccc(F)cc1O. The molecule has 0 aliphatic rings. The maximum Gasteiger partial charge on any atom is 0.305 e. The van der Waals surface area contributed by atoms with Crippen LogP contribution in [0.25, 0.3) is 0 Å². The Morgan fingerprint density at radius 1 is 1.30 bits per heavy atom. The first-order valence-electron chi connectivity index (χ1n) is 6.38. The Balaban J connectivity index is 2.25. The number of amides is 1. The molecular formula is C14H18FNO4. The van der Waals surface area contributed by atoms with Gasteiger partial charge >= 0.3 is 5.97 Å². The number of phenols is 1. The molecule has 1 amide bonds. The van der Waals surface area contributed by atoms with Crippen molar-refractivity contribution in [3.8, 4) is 5.75 Å². The van der Waals surface area contributed by atoms with E-state index in [0.717, 1.165) is 18.6 Å². The summed E-state index contributed by atoms with van der Waals surface area (Å²) in [6, 6.07) is 3.24. The number of esters is 1. The van der Waals surface area contributed by atoms with Gasteiger partial charge in [0.1, 0.15) is 11.6 Å². The minimum Gasteiger partial charge on any atom is -0.507 e. The van der Waals surface area contributed by atoms with Crippen LogP contribution < -0.4 is 5.32 Å². The number of nitrogens with one attached hydrogen (secondary N) is 1. The largest absolute Gasteiger partial charge is 0.507 e. The lowest BCUT2D eigenvalue weighted by Crippen LogP contribution is -2.24. The number of hydrogen-bond donors (Lipinski definition) is 2. The highest BCUT2D eigenvalue weighted by molar-refractivity contribution is 5.96. The second-order valence-corrected chi connectivity index (χ2v) is 4.30. The fourth-order valence-electron chi connectivity index (χ4n) is 1.67. The molecule has 0 bridgehead atoms. The van der Waals surface area contributed by atoms with Gasteiger partial charge in [-0.15, -0.1) is 0 Å². The monoisotopic (exact) mass is 283 g/mol. The number of rotatable bonds is 7. The topological polar surface area (TPSA) is 75.6 Å². The van der Waals surface area contributed by atoms with Crippen LogP contribution in [-0.4, -0.2) is 30.6 Å². The molecule has 0 radical (unpaired) electrons. The fourth-order valence-corrected chi connectivity index (χ4v) is 1.67. The molecule has 5 nitrogen and oxygen atoms in total. The molecule has 0 saturated heterocycles. The summed E-state index contributed by atoms with van der Waals surface area (Å²) in [7, 11) is 1.34. The summed E-state index contributed by atoms with van der Waals surface area (Å²) in [4.78, 5) is 22.5. The quantitative estimate of drug-likeness (QED) is 0.593. The Bertz CT molecular complexity index is 476. The van der Waals surface area contributed by atoms with Crippen LogP contribution in [0.1, 0.15) is 36.0 Å². The van der Waals surface area contributed by atoms with Gasteiger partial charge < -0.3 is 15.2 Å². The molecule has 0 saturated carbocycles. The number of carbonyl (C=O) groups is 2. The van der Waals surface area contributed by atoms with Crippen LogP contribution >= 0.6 is 0 Å². The van der Waals surface area contributed by atoms with Crippen molar-refractivity contribution in [3.63, 3.8) is 0 Å². The van der Waals surface area contributed by atoms with E-state index in [1.165, 1.54) is 13.2 Å². The van der Waals surface area contributed by atoms with Gasteiger partial charge in [-0.3, -0.25) is 9.59 Å². The second-order valence-electron chi connectivity index (χ2n) is 4.30. The lowest BCUT2D eigenvalue weighted by Gasteiger charge is -2.06. The number of ether oxygens (including phenoxy) is 1. The molecular weight excluding hydrogens is 265 g/mol. The van der Waals surface area contributed by atoms with Gasteiger partial charge in [0.05, 0.1) is 12.7 Å². The predicted molar refractivity (Wildman–Crippen MR) is 70.9 cm³/mol. The van der Waals surface area contributed by atoms with Crippen molar-refractivity contribution in [1.82, 2.24) is 5.32 Å². The van der Waals surface area contributed by atoms with E-state index < -0.39 is 11.7 Å². The standard InChI is InChI=1S/C14H18FNO4/c1-20-13(18)5-3-2-4-8-16-14(19)11-7-6-10(15)9-12(11)17/h6-7,9,17H,2-5,8H2,1H3,(H,16,19). The highest BCUT2D eigenvalue weighted by atomic mass is 19.1. The summed E-state index contributed by atoms with van der Waals surface area (Å²) in [5, 5.41) is 12.1. The van der Waals surface area contributed by atoms with E-state index in [1.807, 2.05) is 0 Å². The number of benzene rings is 1. The zero-order valence-electron chi connectivity index (χ0n) is 11.3. The molecule has 0 aliphatic carbocycles. The molecule has 2 N–H and O–H groups in total. The highest BCUT2D eigenvalue weighted by Gasteiger charge is 2.10. The Kier molecular flexibility index (Phi) is 6.49. The van der Waals surface area contributed by atoms with Crippen molar-refractivity contribution >= 4 is 11.9 Å². The molecule has 0 heterocycles. The summed E-state index contributed by atoms with van der Waals surface area (Å²) in [5.74, 6) is -1.67. The zero-order valence-corrected chi connectivity index (χ0v) is 11.3. The van der Waals surface area contributed by atoms with Crippen molar-refractivity contribution in [2.45, 2.75) is 25.7 Å². The van der Waals surface area contributed by atoms with Crippen molar-refractivity contribution < 1.29 is 23.8 Å². The van der Waals surface area contributed by atoms with E-state index in [0.29, 0.717) is 25.8 Å². The van der Waals surface area contributed by atoms with Crippen molar-refractivity contribution in [2.24, 2.45) is 0 Å². The molecule has 1 aromatic carbocycles. The Labute approximate surface area is 116 Å². The van der Waals surface area contributed by atoms with Crippen LogP contribution in [0.3, 0.4) is 0 Å². The van der Waals surface area contributed by atoms with Crippen LogP contribution in [0.15, 0.2) is 18.2 Å². The summed E-state index contributed by atoms with van der Waals surface area (Å²) >= 11 is 0. The minimum absolute atomic E-state index is 0.0426. The van der Waals surface area contributed by atoms with Crippen molar-refractivity contribution in [2.75, 3.05) is 13.7 Å². The molecule has 0 fully saturated rings. The van der Waals surface area contributed by atoms with E-state index in [2.05, 4.69) is 10.1 Å². The molecule has 0 aliphatic heterocycles. The van der Waals surface area contributed by atoms with E-state index in [4.69, 9.17) is 0 Å². The van der Waals surface area contributed by atoms with Gasteiger partial charge in [0, 0.05) is 19.0 Å². The van der Waals surface area contributed by atoms with Crippen LogP contribution in [0.4, 0.5) is 4.39 Å². The number of aromatic hydroxyl groups is 1. The number of methoxy groups -OCH3 is 1. The van der Waals surface area contributed by atoms with Gasteiger partial charge in [0.15, 0.2) is 0 Å². The van der Waals surface area contributed by atoms with Gasteiger partial charge in [-0.05, 0) is 25.0 Å². The number of unbranched alkanes of at least 4 members (excludes halogenated alkanes) is 2. The Hall–Kier alpha value is -2.11. The summed E-state index contributed by atoms with van der Waals surface area (Å²) in [5.41, 5.74) is 0.0426. The van der Waals surface area contributed by atoms with E-state index in [-0.39, 0.29) is 17.3 Å². The molecule has 0 spiro atoms. The second kappa shape index (κ2) is 8.14. The van der Waals surface area contributed by atoms with Crippen LogP contribution in [0, 0.1) is 5.82 Å². The average Bonchev–Trinajstić information content (AvgIpc) is 2.42.